The lowest BCUT2D eigenvalue weighted by molar-refractivity contribution is -0.889. The summed E-state index contributed by atoms with van der Waals surface area (Å²) in [5, 5.41) is 19.5. The number of hydrogen-bond acceptors (Lipinski definition) is 2. The fourth-order valence-corrected chi connectivity index (χ4v) is 4.30. The summed E-state index contributed by atoms with van der Waals surface area (Å²) in [7, 11) is 3.74. The van der Waals surface area contributed by atoms with E-state index in [1.165, 1.54) is 89.9 Å². The van der Waals surface area contributed by atoms with E-state index in [1.807, 2.05) is 21.0 Å². The Morgan fingerprint density at radius 2 is 1.11 bits per heavy atom. The number of hydrogen-bond donors (Lipinski definition) is 2. The normalized spacial score (nSPS) is 14.2. The van der Waals surface area contributed by atoms with Crippen LogP contribution in [0.25, 0.3) is 0 Å². The second-order valence-corrected chi connectivity index (χ2v) is 9.84. The first-order valence-corrected chi connectivity index (χ1v) is 11.9. The van der Waals surface area contributed by atoms with Crippen LogP contribution in [-0.2, 0) is 4.79 Å². The maximum absolute atomic E-state index is 10.9. The summed E-state index contributed by atoms with van der Waals surface area (Å²) in [5.41, 5.74) is -0.782. The zero-order valence-corrected chi connectivity index (χ0v) is 19.5. The van der Waals surface area contributed by atoms with Crippen LogP contribution in [0.3, 0.4) is 0 Å². The highest BCUT2D eigenvalue weighted by atomic mass is 16.4. The highest BCUT2D eigenvalue weighted by molar-refractivity contribution is 5.67. The number of carboxylic acids is 1. The Balaban J connectivity index is 3.48. The third-order valence-electron chi connectivity index (χ3n) is 5.65. The van der Waals surface area contributed by atoms with Gasteiger partial charge in [0.1, 0.15) is 12.1 Å². The van der Waals surface area contributed by atoms with Crippen LogP contribution in [0.4, 0.5) is 0 Å². The maximum Gasteiger partial charge on any atom is 0.359 e. The van der Waals surface area contributed by atoms with Gasteiger partial charge in [0.05, 0.1) is 14.1 Å². The molecular formula is C24H50NO3+. The second kappa shape index (κ2) is 16.2. The minimum atomic E-state index is -0.812. The smallest absolute Gasteiger partial charge is 0.359 e. The lowest BCUT2D eigenvalue weighted by Gasteiger charge is -2.35. The number of rotatable bonds is 20. The summed E-state index contributed by atoms with van der Waals surface area (Å²) in [6.07, 6.45) is 20.9. The van der Waals surface area contributed by atoms with Gasteiger partial charge in [-0.1, -0.05) is 103 Å². The number of carbonyl (C=O) groups is 1. The molecule has 4 nitrogen and oxygen atoms in total. The van der Waals surface area contributed by atoms with Crippen molar-refractivity contribution in [3.8, 4) is 0 Å². The van der Waals surface area contributed by atoms with Gasteiger partial charge in [-0.05, 0) is 13.3 Å². The van der Waals surface area contributed by atoms with E-state index in [1.54, 1.807) is 0 Å². The molecule has 0 aromatic carbocycles. The molecule has 0 fully saturated rings. The minimum Gasteiger partial charge on any atom is -0.477 e. The van der Waals surface area contributed by atoms with Crippen molar-refractivity contribution in [2.45, 2.75) is 122 Å². The maximum atomic E-state index is 10.9. The topological polar surface area (TPSA) is 57.5 Å². The van der Waals surface area contributed by atoms with Crippen molar-refractivity contribution >= 4 is 5.97 Å². The van der Waals surface area contributed by atoms with Crippen LogP contribution >= 0.6 is 0 Å². The average Bonchev–Trinajstić information content (AvgIpc) is 2.56. The monoisotopic (exact) mass is 400 g/mol. The van der Waals surface area contributed by atoms with Gasteiger partial charge in [0.15, 0.2) is 6.54 Å². The van der Waals surface area contributed by atoms with Crippen molar-refractivity contribution in [2.75, 3.05) is 27.2 Å². The fraction of sp³-hybridized carbons (Fsp3) is 0.958. The molecule has 0 aliphatic heterocycles. The largest absolute Gasteiger partial charge is 0.477 e. The van der Waals surface area contributed by atoms with Gasteiger partial charge in [-0.25, -0.2) is 4.79 Å². The molecule has 0 amide bonds. The predicted octanol–water partition coefficient (Wildman–Crippen LogP) is 6.16. The number of unbranched alkanes of at least 4 members (excludes halogenated alkanes) is 14. The Morgan fingerprint density at radius 1 is 0.750 bits per heavy atom. The van der Waals surface area contributed by atoms with E-state index in [-0.39, 0.29) is 6.54 Å². The van der Waals surface area contributed by atoms with Gasteiger partial charge in [0, 0.05) is 0 Å². The third kappa shape index (κ3) is 18.7. The van der Waals surface area contributed by atoms with Crippen molar-refractivity contribution in [2.24, 2.45) is 0 Å². The lowest BCUT2D eigenvalue weighted by Crippen LogP contribution is -2.52. The minimum absolute atomic E-state index is 0.0506. The van der Waals surface area contributed by atoms with E-state index >= 15 is 0 Å². The highest BCUT2D eigenvalue weighted by Crippen LogP contribution is 2.20. The molecule has 0 aromatic heterocycles. The molecule has 0 aliphatic rings. The number of nitrogens with zero attached hydrogens (tertiary/aromatic N) is 1. The van der Waals surface area contributed by atoms with E-state index in [0.29, 0.717) is 11.0 Å². The van der Waals surface area contributed by atoms with Crippen molar-refractivity contribution in [1.82, 2.24) is 0 Å². The van der Waals surface area contributed by atoms with Crippen LogP contribution in [0.5, 0.6) is 0 Å². The highest BCUT2D eigenvalue weighted by Gasteiger charge is 2.31. The molecule has 1 unspecified atom stereocenters. The van der Waals surface area contributed by atoms with Gasteiger partial charge in [0.25, 0.3) is 0 Å². The van der Waals surface area contributed by atoms with E-state index < -0.39 is 11.6 Å². The quantitative estimate of drug-likeness (QED) is 0.190. The van der Waals surface area contributed by atoms with Crippen LogP contribution in [0, 0.1) is 0 Å². The molecule has 0 aliphatic carbocycles. The van der Waals surface area contributed by atoms with Crippen LogP contribution in [0.1, 0.15) is 117 Å². The number of aliphatic carboxylic acids is 1. The summed E-state index contributed by atoms with van der Waals surface area (Å²) in [6.45, 7) is 4.65. The van der Waals surface area contributed by atoms with Gasteiger partial charge >= 0.3 is 5.97 Å². The zero-order valence-electron chi connectivity index (χ0n) is 19.5. The Kier molecular flexibility index (Phi) is 15.9. The van der Waals surface area contributed by atoms with E-state index in [4.69, 9.17) is 5.11 Å². The van der Waals surface area contributed by atoms with Crippen molar-refractivity contribution in [3.05, 3.63) is 0 Å². The van der Waals surface area contributed by atoms with Crippen LogP contribution in [0.2, 0.25) is 0 Å². The second-order valence-electron chi connectivity index (χ2n) is 9.84. The Labute approximate surface area is 175 Å². The Hall–Kier alpha value is -0.610. The molecule has 168 valence electrons. The van der Waals surface area contributed by atoms with E-state index in [2.05, 4.69) is 6.92 Å². The van der Waals surface area contributed by atoms with Crippen molar-refractivity contribution < 1.29 is 19.5 Å². The summed E-state index contributed by atoms with van der Waals surface area (Å²) in [6, 6.07) is 0. The van der Waals surface area contributed by atoms with Gasteiger partial charge in [-0.15, -0.1) is 0 Å². The van der Waals surface area contributed by atoms with Crippen LogP contribution in [0.15, 0.2) is 0 Å². The summed E-state index contributed by atoms with van der Waals surface area (Å²) >= 11 is 0. The molecule has 0 bridgehead atoms. The van der Waals surface area contributed by atoms with Gasteiger partial charge < -0.3 is 14.7 Å². The lowest BCUT2D eigenvalue weighted by atomic mass is 9.96. The molecule has 0 spiro atoms. The Bertz CT molecular complexity index is 380. The molecule has 2 N–H and O–H groups in total. The molecule has 0 saturated heterocycles. The number of carboxylic acid groups (broad SMARTS) is 1. The SMILES string of the molecule is CCCCCCCCCCCCCCCCCC(C)(O)C[N+](C)(C)CC(=O)O. The Morgan fingerprint density at radius 3 is 1.46 bits per heavy atom. The summed E-state index contributed by atoms with van der Waals surface area (Å²) in [5.74, 6) is -0.812. The molecule has 0 radical (unpaired) electrons. The number of aliphatic hydroxyl groups is 1. The molecule has 0 rings (SSSR count). The molecule has 28 heavy (non-hydrogen) atoms. The first kappa shape index (κ1) is 27.4. The predicted molar refractivity (Wildman–Crippen MR) is 120 cm³/mol. The molecular weight excluding hydrogens is 350 g/mol. The number of quaternary nitrogens is 1. The van der Waals surface area contributed by atoms with E-state index in [0.717, 1.165) is 12.8 Å². The average molecular weight is 401 g/mol. The van der Waals surface area contributed by atoms with Crippen molar-refractivity contribution in [1.29, 1.82) is 0 Å². The first-order chi connectivity index (χ1) is 13.2. The molecule has 1 atom stereocenters. The van der Waals surface area contributed by atoms with Crippen LogP contribution < -0.4 is 0 Å². The zero-order chi connectivity index (χ0) is 21.3. The van der Waals surface area contributed by atoms with Crippen LogP contribution in [-0.4, -0.2) is 53.5 Å². The van der Waals surface area contributed by atoms with Gasteiger partial charge in [-0.3, -0.25) is 0 Å². The number of likely N-dealkylation sites (N-methyl/N-ethyl adjacent to an activating group) is 1. The fourth-order valence-electron chi connectivity index (χ4n) is 4.30. The molecule has 4 heteroatoms. The standard InChI is InChI=1S/C24H49NO3/c1-5-6-7-8-9-10-11-12-13-14-15-16-17-18-19-20-24(2,28)22-25(3,4)21-23(26)27/h28H,5-22H2,1-4H3/p+1. The summed E-state index contributed by atoms with van der Waals surface area (Å²) < 4.78 is 0.321. The molecule has 0 aromatic rings. The summed E-state index contributed by atoms with van der Waals surface area (Å²) in [4.78, 5) is 10.9. The van der Waals surface area contributed by atoms with E-state index in [9.17, 15) is 9.90 Å². The van der Waals surface area contributed by atoms with Crippen molar-refractivity contribution in [3.63, 3.8) is 0 Å². The van der Waals surface area contributed by atoms with Gasteiger partial charge in [-0.2, -0.15) is 0 Å². The third-order valence-corrected chi connectivity index (χ3v) is 5.65. The first-order valence-electron chi connectivity index (χ1n) is 11.9. The van der Waals surface area contributed by atoms with Gasteiger partial charge in [0.2, 0.25) is 0 Å². The molecule has 0 saturated carbocycles. The molecule has 0 heterocycles.